The molecule has 1 aromatic heterocycles. The summed E-state index contributed by atoms with van der Waals surface area (Å²) in [5, 5.41) is 3.59. The predicted octanol–water partition coefficient (Wildman–Crippen LogP) is 1.41. The average Bonchev–Trinajstić information content (AvgIpc) is 2.45. The first-order valence-electron chi connectivity index (χ1n) is 2.95. The van der Waals surface area contributed by atoms with Gasteiger partial charge in [-0.1, -0.05) is 4.49 Å². The summed E-state index contributed by atoms with van der Waals surface area (Å²) < 4.78 is 17.1. The highest BCUT2D eigenvalue weighted by Crippen LogP contribution is 2.24. The predicted molar refractivity (Wildman–Crippen MR) is 41.8 cm³/mol. The van der Waals surface area contributed by atoms with Crippen molar-refractivity contribution in [1.29, 1.82) is 0 Å². The van der Waals surface area contributed by atoms with Crippen molar-refractivity contribution in [2.24, 2.45) is 0 Å². The lowest BCUT2D eigenvalue weighted by Gasteiger charge is -1.92. The number of hydrogen-bond donors (Lipinski definition) is 1. The fraction of sp³-hybridized carbons (Fsp3) is 0. The molecule has 0 spiro atoms. The van der Waals surface area contributed by atoms with Gasteiger partial charge in [-0.25, -0.2) is 4.39 Å². The minimum absolute atomic E-state index is 0.259. The van der Waals surface area contributed by atoms with E-state index < -0.39 is 0 Å². The average molecular weight is 169 g/mol. The van der Waals surface area contributed by atoms with Gasteiger partial charge in [0.2, 0.25) is 0 Å². The van der Waals surface area contributed by atoms with Crippen LogP contribution in [0.2, 0.25) is 0 Å². The number of fused-ring (bicyclic) bond motifs is 1. The van der Waals surface area contributed by atoms with Crippen LogP contribution >= 0.6 is 11.5 Å². The number of anilines is 1. The van der Waals surface area contributed by atoms with Crippen LogP contribution < -0.4 is 5.73 Å². The van der Waals surface area contributed by atoms with Crippen LogP contribution in [0.5, 0.6) is 0 Å². The molecule has 3 nitrogen and oxygen atoms in total. The zero-order chi connectivity index (χ0) is 7.84. The number of hydrogen-bond acceptors (Lipinski definition) is 4. The molecule has 0 amide bonds. The molecule has 1 heterocycles. The van der Waals surface area contributed by atoms with Crippen LogP contribution in [0.25, 0.3) is 10.2 Å². The number of rotatable bonds is 0. The van der Waals surface area contributed by atoms with Gasteiger partial charge in [0.1, 0.15) is 10.2 Å². The Morgan fingerprint density at radius 1 is 1.45 bits per heavy atom. The summed E-state index contributed by atoms with van der Waals surface area (Å²) in [6.07, 6.45) is 0. The third kappa shape index (κ3) is 0.848. The van der Waals surface area contributed by atoms with E-state index in [0.717, 1.165) is 11.5 Å². The monoisotopic (exact) mass is 169 g/mol. The molecule has 0 bridgehead atoms. The minimum Gasteiger partial charge on any atom is -0.397 e. The maximum absolute atomic E-state index is 12.8. The van der Waals surface area contributed by atoms with Gasteiger partial charge in [-0.05, 0) is 23.7 Å². The SMILES string of the molecule is Nc1ccc(F)c2nnsc12. The van der Waals surface area contributed by atoms with Crippen LogP contribution in [0.1, 0.15) is 0 Å². The first-order valence-corrected chi connectivity index (χ1v) is 3.72. The molecule has 0 aliphatic rings. The third-order valence-corrected chi connectivity index (χ3v) is 2.16. The van der Waals surface area contributed by atoms with Gasteiger partial charge < -0.3 is 5.73 Å². The molecule has 0 radical (unpaired) electrons. The molecule has 2 aromatic rings. The van der Waals surface area contributed by atoms with Crippen molar-refractivity contribution in [3.05, 3.63) is 17.9 Å². The van der Waals surface area contributed by atoms with E-state index in [-0.39, 0.29) is 11.3 Å². The number of nitrogen functional groups attached to an aromatic ring is 1. The zero-order valence-electron chi connectivity index (χ0n) is 5.41. The van der Waals surface area contributed by atoms with Crippen LogP contribution in [0, 0.1) is 5.82 Å². The van der Waals surface area contributed by atoms with E-state index in [1.807, 2.05) is 0 Å². The third-order valence-electron chi connectivity index (χ3n) is 1.39. The van der Waals surface area contributed by atoms with Crippen LogP contribution in [0.3, 0.4) is 0 Å². The Balaban J connectivity index is 2.96. The molecule has 1 aromatic carbocycles. The molecule has 0 saturated carbocycles. The highest BCUT2D eigenvalue weighted by Gasteiger charge is 2.06. The van der Waals surface area contributed by atoms with E-state index in [1.165, 1.54) is 12.1 Å². The highest BCUT2D eigenvalue weighted by molar-refractivity contribution is 7.13. The van der Waals surface area contributed by atoms with Crippen molar-refractivity contribution >= 4 is 27.4 Å². The van der Waals surface area contributed by atoms with Gasteiger partial charge in [0, 0.05) is 0 Å². The van der Waals surface area contributed by atoms with Gasteiger partial charge in [-0.2, -0.15) is 0 Å². The maximum atomic E-state index is 12.8. The van der Waals surface area contributed by atoms with Gasteiger partial charge in [0.05, 0.1) is 5.69 Å². The van der Waals surface area contributed by atoms with Gasteiger partial charge >= 0.3 is 0 Å². The standard InChI is InChI=1S/C6H4FN3S/c7-3-1-2-4(8)6-5(3)9-10-11-6/h1-2H,8H2. The van der Waals surface area contributed by atoms with Crippen LogP contribution in [-0.4, -0.2) is 9.59 Å². The van der Waals surface area contributed by atoms with Crippen molar-refractivity contribution < 1.29 is 4.39 Å². The molecule has 0 atom stereocenters. The Morgan fingerprint density at radius 3 is 3.00 bits per heavy atom. The van der Waals surface area contributed by atoms with Crippen molar-refractivity contribution in [1.82, 2.24) is 9.59 Å². The second-order valence-corrected chi connectivity index (χ2v) is 2.84. The number of aromatic nitrogens is 2. The minimum atomic E-state index is -0.372. The van der Waals surface area contributed by atoms with E-state index in [1.54, 1.807) is 0 Å². The second kappa shape index (κ2) is 2.13. The van der Waals surface area contributed by atoms with Gasteiger partial charge in [-0.15, -0.1) is 5.10 Å². The number of halogens is 1. The number of nitrogens with zero attached hydrogens (tertiary/aromatic N) is 2. The van der Waals surface area contributed by atoms with Crippen LogP contribution in [-0.2, 0) is 0 Å². The summed E-state index contributed by atoms with van der Waals surface area (Å²) in [7, 11) is 0. The summed E-state index contributed by atoms with van der Waals surface area (Å²) in [4.78, 5) is 0. The van der Waals surface area contributed by atoms with Gasteiger partial charge in [0.15, 0.2) is 5.82 Å². The molecule has 0 fully saturated rings. The lowest BCUT2D eigenvalue weighted by Crippen LogP contribution is -1.86. The quantitative estimate of drug-likeness (QED) is 0.606. The Kier molecular flexibility index (Phi) is 1.25. The van der Waals surface area contributed by atoms with E-state index in [0.29, 0.717) is 10.4 Å². The van der Waals surface area contributed by atoms with Crippen LogP contribution in [0.15, 0.2) is 12.1 Å². The number of benzene rings is 1. The number of nitrogens with two attached hydrogens (primary N) is 1. The molecule has 0 unspecified atom stereocenters. The summed E-state index contributed by atoms with van der Waals surface area (Å²) >= 11 is 1.10. The van der Waals surface area contributed by atoms with Crippen molar-refractivity contribution in [3.8, 4) is 0 Å². The van der Waals surface area contributed by atoms with Gasteiger partial charge in [0.25, 0.3) is 0 Å². The van der Waals surface area contributed by atoms with Crippen molar-refractivity contribution in [3.63, 3.8) is 0 Å². The highest BCUT2D eigenvalue weighted by atomic mass is 32.1. The maximum Gasteiger partial charge on any atom is 0.152 e. The molecule has 0 saturated heterocycles. The van der Waals surface area contributed by atoms with Gasteiger partial charge in [-0.3, -0.25) is 0 Å². The Hall–Kier alpha value is -1.23. The molecule has 56 valence electrons. The van der Waals surface area contributed by atoms with E-state index in [2.05, 4.69) is 9.59 Å². The molecule has 0 aliphatic carbocycles. The Bertz CT molecular complexity index is 362. The summed E-state index contributed by atoms with van der Waals surface area (Å²) in [6, 6.07) is 2.80. The van der Waals surface area contributed by atoms with E-state index in [4.69, 9.17) is 5.73 Å². The first-order chi connectivity index (χ1) is 5.29. The summed E-state index contributed by atoms with van der Waals surface area (Å²) in [5.74, 6) is -0.372. The molecular formula is C6H4FN3S. The van der Waals surface area contributed by atoms with Crippen LogP contribution in [0.4, 0.5) is 10.1 Å². The molecule has 2 rings (SSSR count). The second-order valence-electron chi connectivity index (χ2n) is 2.09. The molecule has 11 heavy (non-hydrogen) atoms. The molecule has 2 N–H and O–H groups in total. The van der Waals surface area contributed by atoms with E-state index in [9.17, 15) is 4.39 Å². The first kappa shape index (κ1) is 6.48. The summed E-state index contributed by atoms with van der Waals surface area (Å²) in [6.45, 7) is 0. The zero-order valence-corrected chi connectivity index (χ0v) is 6.23. The lowest BCUT2D eigenvalue weighted by atomic mass is 10.3. The largest absolute Gasteiger partial charge is 0.397 e. The lowest BCUT2D eigenvalue weighted by molar-refractivity contribution is 0.636. The van der Waals surface area contributed by atoms with E-state index >= 15 is 0 Å². The Morgan fingerprint density at radius 2 is 2.27 bits per heavy atom. The van der Waals surface area contributed by atoms with Crippen molar-refractivity contribution in [2.45, 2.75) is 0 Å². The molecule has 0 aliphatic heterocycles. The topological polar surface area (TPSA) is 51.8 Å². The smallest absolute Gasteiger partial charge is 0.152 e. The normalized spacial score (nSPS) is 10.6. The fourth-order valence-electron chi connectivity index (χ4n) is 0.854. The van der Waals surface area contributed by atoms with Crippen molar-refractivity contribution in [2.75, 3.05) is 5.73 Å². The fourth-order valence-corrected chi connectivity index (χ4v) is 1.46. The summed E-state index contributed by atoms with van der Waals surface area (Å²) in [5.41, 5.74) is 6.32. The molecule has 5 heteroatoms. The molecular weight excluding hydrogens is 165 g/mol. The Labute approximate surface area is 65.8 Å².